The van der Waals surface area contributed by atoms with Gasteiger partial charge in [0.1, 0.15) is 0 Å². The number of nitrogens with zero attached hydrogens (tertiary/aromatic N) is 1. The monoisotopic (exact) mass is 282 g/mol. The van der Waals surface area contributed by atoms with Gasteiger partial charge in [-0.05, 0) is 36.8 Å². The van der Waals surface area contributed by atoms with Crippen molar-refractivity contribution in [3.05, 3.63) is 59.4 Å². The van der Waals surface area contributed by atoms with Crippen molar-refractivity contribution in [2.24, 2.45) is 5.73 Å². The number of benzene rings is 1. The van der Waals surface area contributed by atoms with Gasteiger partial charge in [-0.3, -0.25) is 0 Å². The van der Waals surface area contributed by atoms with Crippen molar-refractivity contribution >= 4 is 0 Å². The van der Waals surface area contributed by atoms with E-state index in [-0.39, 0.29) is 6.04 Å². The number of rotatable bonds is 4. The Bertz CT molecular complexity index is 570. The van der Waals surface area contributed by atoms with Gasteiger partial charge in [0.2, 0.25) is 0 Å². The maximum Gasteiger partial charge on any atom is 0.416 e. The van der Waals surface area contributed by atoms with E-state index in [9.17, 15) is 13.2 Å². The molecular weight excluding hydrogens is 265 g/mol. The van der Waals surface area contributed by atoms with Gasteiger partial charge in [0.25, 0.3) is 0 Å². The molecule has 0 aliphatic carbocycles. The average Bonchev–Trinajstić information content (AvgIpc) is 2.75. The molecule has 0 amide bonds. The smallest absolute Gasteiger partial charge is 0.347 e. The van der Waals surface area contributed by atoms with Crippen LogP contribution in [0.15, 0.2) is 42.6 Å². The van der Waals surface area contributed by atoms with E-state index in [1.165, 1.54) is 12.1 Å². The Morgan fingerprint density at radius 1 is 1.20 bits per heavy atom. The summed E-state index contributed by atoms with van der Waals surface area (Å²) in [4.78, 5) is 0. The Kier molecular flexibility index (Phi) is 4.18. The normalized spacial score (nSPS) is 13.4. The zero-order valence-corrected chi connectivity index (χ0v) is 11.2. The highest BCUT2D eigenvalue weighted by atomic mass is 19.4. The van der Waals surface area contributed by atoms with Gasteiger partial charge in [-0.2, -0.15) is 13.2 Å². The summed E-state index contributed by atoms with van der Waals surface area (Å²) >= 11 is 0. The Morgan fingerprint density at radius 2 is 1.95 bits per heavy atom. The Balaban J connectivity index is 2.20. The Morgan fingerprint density at radius 3 is 2.60 bits per heavy atom. The topological polar surface area (TPSA) is 30.9 Å². The van der Waals surface area contributed by atoms with Gasteiger partial charge in [0, 0.05) is 30.9 Å². The third-order valence-electron chi connectivity index (χ3n) is 3.06. The standard InChI is InChI=1S/C15H17F3N2/c1-11(19)8-14-6-3-7-20(14)10-12-4-2-5-13(9-12)15(16,17)18/h2-7,9,11H,8,10,19H2,1H3. The van der Waals surface area contributed by atoms with E-state index in [1.54, 1.807) is 6.07 Å². The number of halogens is 3. The molecule has 108 valence electrons. The predicted octanol–water partition coefficient (Wildman–Crippen LogP) is 3.44. The largest absolute Gasteiger partial charge is 0.416 e. The van der Waals surface area contributed by atoms with Crippen LogP contribution in [0.3, 0.4) is 0 Å². The lowest BCUT2D eigenvalue weighted by atomic mass is 10.1. The first kappa shape index (κ1) is 14.7. The minimum atomic E-state index is -4.30. The molecule has 2 rings (SSSR count). The fourth-order valence-electron chi connectivity index (χ4n) is 2.16. The molecule has 0 bridgehead atoms. The van der Waals surface area contributed by atoms with Gasteiger partial charge >= 0.3 is 6.18 Å². The summed E-state index contributed by atoms with van der Waals surface area (Å²) in [6, 6.07) is 9.25. The van der Waals surface area contributed by atoms with Crippen LogP contribution in [0.5, 0.6) is 0 Å². The van der Waals surface area contributed by atoms with Crippen molar-refractivity contribution in [2.75, 3.05) is 0 Å². The molecule has 0 fully saturated rings. The molecule has 2 N–H and O–H groups in total. The van der Waals surface area contributed by atoms with Gasteiger partial charge in [-0.15, -0.1) is 0 Å². The Hall–Kier alpha value is -1.75. The first-order chi connectivity index (χ1) is 9.36. The minimum absolute atomic E-state index is 0.0187. The van der Waals surface area contributed by atoms with Crippen LogP contribution in [-0.4, -0.2) is 10.6 Å². The summed E-state index contributed by atoms with van der Waals surface area (Å²) in [6.07, 6.45) is -1.74. The fraction of sp³-hybridized carbons (Fsp3) is 0.333. The summed E-state index contributed by atoms with van der Waals surface area (Å²) in [6.45, 7) is 2.32. The van der Waals surface area contributed by atoms with Crippen LogP contribution in [0, 0.1) is 0 Å². The highest BCUT2D eigenvalue weighted by Gasteiger charge is 2.30. The molecule has 0 spiro atoms. The first-order valence-corrected chi connectivity index (χ1v) is 6.42. The molecule has 1 heterocycles. The lowest BCUT2D eigenvalue weighted by Crippen LogP contribution is -2.20. The lowest BCUT2D eigenvalue weighted by molar-refractivity contribution is -0.137. The first-order valence-electron chi connectivity index (χ1n) is 6.42. The summed E-state index contributed by atoms with van der Waals surface area (Å²) in [5.41, 5.74) is 6.80. The molecule has 2 aromatic rings. The second kappa shape index (κ2) is 5.71. The maximum atomic E-state index is 12.7. The maximum absolute atomic E-state index is 12.7. The molecule has 0 radical (unpaired) electrons. The molecule has 0 saturated heterocycles. The SMILES string of the molecule is CC(N)Cc1cccn1Cc1cccc(C(F)(F)F)c1. The summed E-state index contributed by atoms with van der Waals surface area (Å²) < 4.78 is 40.0. The van der Waals surface area contributed by atoms with Crippen molar-refractivity contribution < 1.29 is 13.2 Å². The molecule has 0 aliphatic rings. The second-order valence-corrected chi connectivity index (χ2v) is 5.01. The van der Waals surface area contributed by atoms with Crippen LogP contribution < -0.4 is 5.73 Å². The number of hydrogen-bond acceptors (Lipinski definition) is 1. The zero-order valence-electron chi connectivity index (χ0n) is 11.2. The van der Waals surface area contributed by atoms with E-state index in [1.807, 2.05) is 29.8 Å². The van der Waals surface area contributed by atoms with E-state index >= 15 is 0 Å². The number of aromatic nitrogens is 1. The minimum Gasteiger partial charge on any atom is -0.347 e. The van der Waals surface area contributed by atoms with Gasteiger partial charge in [-0.1, -0.05) is 12.1 Å². The van der Waals surface area contributed by atoms with Crippen LogP contribution in [-0.2, 0) is 19.1 Å². The van der Waals surface area contributed by atoms with Crippen molar-refractivity contribution in [1.29, 1.82) is 0 Å². The lowest BCUT2D eigenvalue weighted by Gasteiger charge is -2.13. The van der Waals surface area contributed by atoms with Crippen LogP contribution in [0.4, 0.5) is 13.2 Å². The molecule has 20 heavy (non-hydrogen) atoms. The Labute approximate surface area is 116 Å². The van der Waals surface area contributed by atoms with Crippen molar-refractivity contribution in [3.63, 3.8) is 0 Å². The predicted molar refractivity (Wildman–Crippen MR) is 72.3 cm³/mol. The van der Waals surface area contributed by atoms with E-state index in [4.69, 9.17) is 5.73 Å². The van der Waals surface area contributed by atoms with Crippen molar-refractivity contribution in [1.82, 2.24) is 4.57 Å². The quantitative estimate of drug-likeness (QED) is 0.915. The third kappa shape index (κ3) is 3.63. The van der Waals surface area contributed by atoms with E-state index in [2.05, 4.69) is 0 Å². The van der Waals surface area contributed by atoms with E-state index in [0.717, 1.165) is 11.8 Å². The molecule has 1 atom stereocenters. The average molecular weight is 282 g/mol. The van der Waals surface area contributed by atoms with Crippen LogP contribution >= 0.6 is 0 Å². The zero-order chi connectivity index (χ0) is 14.8. The molecule has 5 heteroatoms. The highest BCUT2D eigenvalue weighted by Crippen LogP contribution is 2.29. The van der Waals surface area contributed by atoms with Crippen molar-refractivity contribution in [2.45, 2.75) is 32.1 Å². The molecule has 0 saturated carbocycles. The summed E-state index contributed by atoms with van der Waals surface area (Å²) in [5, 5.41) is 0. The summed E-state index contributed by atoms with van der Waals surface area (Å²) in [5.74, 6) is 0. The van der Waals surface area contributed by atoms with Crippen LogP contribution in [0.1, 0.15) is 23.7 Å². The van der Waals surface area contributed by atoms with E-state index < -0.39 is 11.7 Å². The van der Waals surface area contributed by atoms with Gasteiger partial charge in [-0.25, -0.2) is 0 Å². The van der Waals surface area contributed by atoms with Gasteiger partial charge < -0.3 is 10.3 Å². The fourth-order valence-corrected chi connectivity index (χ4v) is 2.16. The molecular formula is C15H17F3N2. The molecule has 1 unspecified atom stereocenters. The van der Waals surface area contributed by atoms with Crippen LogP contribution in [0.25, 0.3) is 0 Å². The highest BCUT2D eigenvalue weighted by molar-refractivity contribution is 5.26. The van der Waals surface area contributed by atoms with Gasteiger partial charge in [0.15, 0.2) is 0 Å². The van der Waals surface area contributed by atoms with E-state index in [0.29, 0.717) is 18.5 Å². The summed E-state index contributed by atoms with van der Waals surface area (Å²) in [7, 11) is 0. The number of nitrogens with two attached hydrogens (primary N) is 1. The third-order valence-corrected chi connectivity index (χ3v) is 3.06. The number of alkyl halides is 3. The molecule has 1 aromatic heterocycles. The molecule has 2 nitrogen and oxygen atoms in total. The van der Waals surface area contributed by atoms with Crippen LogP contribution in [0.2, 0.25) is 0 Å². The van der Waals surface area contributed by atoms with Crippen molar-refractivity contribution in [3.8, 4) is 0 Å². The number of hydrogen-bond donors (Lipinski definition) is 1. The molecule has 0 aliphatic heterocycles. The molecule has 1 aromatic carbocycles. The second-order valence-electron chi connectivity index (χ2n) is 5.01. The van der Waals surface area contributed by atoms with Gasteiger partial charge in [0.05, 0.1) is 5.56 Å².